The van der Waals surface area contributed by atoms with E-state index in [-0.39, 0.29) is 5.91 Å². The molecule has 11 heavy (non-hydrogen) atoms. The molecule has 0 saturated carbocycles. The number of pyridine rings is 1. The summed E-state index contributed by atoms with van der Waals surface area (Å²) in [5.74, 6) is 0.384. The van der Waals surface area contributed by atoms with Crippen LogP contribution in [0.25, 0.3) is 0 Å². The number of hydrogen-bond donors (Lipinski definition) is 2. The zero-order valence-electron chi connectivity index (χ0n) is 5.79. The van der Waals surface area contributed by atoms with Gasteiger partial charge in [-0.15, -0.1) is 0 Å². The Bertz CT molecular complexity index is 321. The van der Waals surface area contributed by atoms with Crippen LogP contribution in [0.2, 0.25) is 0 Å². The second-order valence-corrected chi connectivity index (χ2v) is 2.40. The Morgan fingerprint density at radius 1 is 1.64 bits per heavy atom. The summed E-state index contributed by atoms with van der Waals surface area (Å²) in [7, 11) is 0. The highest BCUT2D eigenvalue weighted by Gasteiger charge is 2.20. The monoisotopic (exact) mass is 149 g/mol. The summed E-state index contributed by atoms with van der Waals surface area (Å²) in [4.78, 5) is 14.9. The first kappa shape index (κ1) is 6.15. The molecule has 0 atom stereocenters. The molecule has 3 N–H and O–H groups in total. The van der Waals surface area contributed by atoms with Crippen molar-refractivity contribution in [1.82, 2.24) is 10.3 Å². The number of nitrogens with one attached hydrogen (secondary N) is 1. The van der Waals surface area contributed by atoms with Gasteiger partial charge in [-0.2, -0.15) is 0 Å². The van der Waals surface area contributed by atoms with Crippen LogP contribution in [0, 0.1) is 0 Å². The van der Waals surface area contributed by atoms with Crippen molar-refractivity contribution in [2.45, 2.75) is 6.54 Å². The first-order valence-electron chi connectivity index (χ1n) is 3.30. The van der Waals surface area contributed by atoms with Crippen molar-refractivity contribution in [2.24, 2.45) is 0 Å². The first-order chi connectivity index (χ1) is 5.29. The van der Waals surface area contributed by atoms with E-state index in [1.807, 2.05) is 0 Å². The van der Waals surface area contributed by atoms with Gasteiger partial charge in [-0.1, -0.05) is 0 Å². The van der Waals surface area contributed by atoms with Crippen molar-refractivity contribution in [1.29, 1.82) is 0 Å². The van der Waals surface area contributed by atoms with Crippen LogP contribution in [0.4, 0.5) is 5.82 Å². The molecule has 1 aliphatic heterocycles. The van der Waals surface area contributed by atoms with E-state index >= 15 is 0 Å². The second kappa shape index (κ2) is 1.95. The number of nitrogen functional groups attached to an aromatic ring is 1. The first-order valence-corrected chi connectivity index (χ1v) is 3.30. The van der Waals surface area contributed by atoms with Crippen LogP contribution in [-0.4, -0.2) is 10.9 Å². The molecule has 1 aromatic heterocycles. The average Bonchev–Trinajstić information content (AvgIpc) is 2.35. The van der Waals surface area contributed by atoms with Gasteiger partial charge in [0, 0.05) is 23.9 Å². The standard InChI is InChI=1S/C7H7N3O/c8-6-5-3-10-7(11)4(5)1-2-9-6/h1-2H,3H2,(H2,8,9)(H,10,11). The van der Waals surface area contributed by atoms with Crippen molar-refractivity contribution in [3.8, 4) is 0 Å². The lowest BCUT2D eigenvalue weighted by molar-refractivity contribution is 0.0966. The Kier molecular flexibility index (Phi) is 1.09. The third-order valence-electron chi connectivity index (χ3n) is 1.76. The molecule has 1 aliphatic rings. The van der Waals surface area contributed by atoms with Crippen LogP contribution in [0.1, 0.15) is 15.9 Å². The fraction of sp³-hybridized carbons (Fsp3) is 0.143. The van der Waals surface area contributed by atoms with Gasteiger partial charge in [-0.3, -0.25) is 4.79 Å². The lowest BCUT2D eigenvalue weighted by atomic mass is 10.2. The van der Waals surface area contributed by atoms with Crippen molar-refractivity contribution >= 4 is 11.7 Å². The molecule has 56 valence electrons. The maximum atomic E-state index is 11.0. The second-order valence-electron chi connectivity index (χ2n) is 2.40. The van der Waals surface area contributed by atoms with Gasteiger partial charge in [0.2, 0.25) is 0 Å². The van der Waals surface area contributed by atoms with E-state index in [0.29, 0.717) is 17.9 Å². The lowest BCUT2D eigenvalue weighted by Crippen LogP contribution is -2.12. The SMILES string of the molecule is Nc1nccc2c1CNC2=O. The van der Waals surface area contributed by atoms with Crippen molar-refractivity contribution in [3.05, 3.63) is 23.4 Å². The molecule has 0 spiro atoms. The van der Waals surface area contributed by atoms with E-state index in [4.69, 9.17) is 5.73 Å². The van der Waals surface area contributed by atoms with Crippen LogP contribution in [0.3, 0.4) is 0 Å². The zero-order valence-corrected chi connectivity index (χ0v) is 5.79. The molecule has 0 unspecified atom stereocenters. The van der Waals surface area contributed by atoms with Crippen LogP contribution in [-0.2, 0) is 6.54 Å². The summed E-state index contributed by atoms with van der Waals surface area (Å²) in [6.45, 7) is 0.508. The number of rotatable bonds is 0. The number of aromatic nitrogens is 1. The van der Waals surface area contributed by atoms with Gasteiger partial charge in [0.1, 0.15) is 5.82 Å². The predicted octanol–water partition coefficient (Wildman–Crippen LogP) is -0.0928. The largest absolute Gasteiger partial charge is 0.383 e. The topological polar surface area (TPSA) is 68.0 Å². The van der Waals surface area contributed by atoms with Gasteiger partial charge in [0.15, 0.2) is 0 Å². The molecule has 2 rings (SSSR count). The van der Waals surface area contributed by atoms with E-state index in [2.05, 4.69) is 10.3 Å². The molecule has 1 aromatic rings. The number of anilines is 1. The minimum absolute atomic E-state index is 0.0610. The molecule has 4 nitrogen and oxygen atoms in total. The third-order valence-corrected chi connectivity index (χ3v) is 1.76. The summed E-state index contributed by atoms with van der Waals surface area (Å²) < 4.78 is 0. The number of carbonyl (C=O) groups is 1. The number of hydrogen-bond acceptors (Lipinski definition) is 3. The third kappa shape index (κ3) is 0.756. The average molecular weight is 149 g/mol. The van der Waals surface area contributed by atoms with E-state index in [0.717, 1.165) is 5.56 Å². The van der Waals surface area contributed by atoms with Gasteiger partial charge in [0.05, 0.1) is 0 Å². The summed E-state index contributed by atoms with van der Waals surface area (Å²) >= 11 is 0. The number of fused-ring (bicyclic) bond motifs is 1. The quantitative estimate of drug-likeness (QED) is 0.541. The number of nitrogens with two attached hydrogens (primary N) is 1. The highest BCUT2D eigenvalue weighted by Crippen LogP contribution is 2.18. The number of carbonyl (C=O) groups excluding carboxylic acids is 1. The molecule has 1 amide bonds. The van der Waals surface area contributed by atoms with Crippen LogP contribution in [0.5, 0.6) is 0 Å². The zero-order chi connectivity index (χ0) is 7.84. The molecule has 0 bridgehead atoms. The molecular formula is C7H7N3O. The molecular weight excluding hydrogens is 142 g/mol. The maximum absolute atomic E-state index is 11.0. The van der Waals surface area contributed by atoms with E-state index in [9.17, 15) is 4.79 Å². The van der Waals surface area contributed by atoms with Gasteiger partial charge in [-0.05, 0) is 6.07 Å². The summed E-state index contributed by atoms with van der Waals surface area (Å²) in [6.07, 6.45) is 1.54. The van der Waals surface area contributed by atoms with Crippen molar-refractivity contribution in [2.75, 3.05) is 5.73 Å². The van der Waals surface area contributed by atoms with Crippen LogP contribution in [0.15, 0.2) is 12.3 Å². The Hall–Kier alpha value is -1.58. The molecule has 0 aliphatic carbocycles. The highest BCUT2D eigenvalue weighted by atomic mass is 16.1. The fourth-order valence-corrected chi connectivity index (χ4v) is 1.17. The Morgan fingerprint density at radius 3 is 3.18 bits per heavy atom. The Labute approximate surface area is 63.4 Å². The molecule has 4 heteroatoms. The molecule has 0 aromatic carbocycles. The van der Waals surface area contributed by atoms with Gasteiger partial charge in [0.25, 0.3) is 5.91 Å². The normalized spacial score (nSPS) is 14.4. The Balaban J connectivity index is 2.66. The van der Waals surface area contributed by atoms with E-state index in [1.165, 1.54) is 0 Å². The van der Waals surface area contributed by atoms with E-state index < -0.39 is 0 Å². The number of nitrogens with zero attached hydrogens (tertiary/aromatic N) is 1. The molecule has 0 saturated heterocycles. The predicted molar refractivity (Wildman–Crippen MR) is 39.8 cm³/mol. The van der Waals surface area contributed by atoms with Gasteiger partial charge >= 0.3 is 0 Å². The minimum Gasteiger partial charge on any atom is -0.383 e. The summed E-state index contributed by atoms with van der Waals surface area (Å²) in [5, 5.41) is 2.67. The number of amides is 1. The highest BCUT2D eigenvalue weighted by molar-refractivity contribution is 5.99. The molecule has 2 heterocycles. The maximum Gasteiger partial charge on any atom is 0.252 e. The van der Waals surface area contributed by atoms with Crippen LogP contribution < -0.4 is 11.1 Å². The molecule has 0 fully saturated rings. The smallest absolute Gasteiger partial charge is 0.252 e. The van der Waals surface area contributed by atoms with Gasteiger partial charge < -0.3 is 11.1 Å². The van der Waals surface area contributed by atoms with Crippen LogP contribution >= 0.6 is 0 Å². The summed E-state index contributed by atoms with van der Waals surface area (Å²) in [6, 6.07) is 1.67. The Morgan fingerprint density at radius 2 is 2.45 bits per heavy atom. The minimum atomic E-state index is -0.0610. The van der Waals surface area contributed by atoms with Gasteiger partial charge in [-0.25, -0.2) is 4.98 Å². The van der Waals surface area contributed by atoms with E-state index in [1.54, 1.807) is 12.3 Å². The fourth-order valence-electron chi connectivity index (χ4n) is 1.17. The molecule has 0 radical (unpaired) electrons. The van der Waals surface area contributed by atoms with Crippen molar-refractivity contribution in [3.63, 3.8) is 0 Å². The lowest BCUT2D eigenvalue weighted by Gasteiger charge is -1.96. The summed E-state index contributed by atoms with van der Waals surface area (Å²) in [5.41, 5.74) is 7.00. The van der Waals surface area contributed by atoms with Crippen molar-refractivity contribution < 1.29 is 4.79 Å².